The van der Waals surface area contributed by atoms with Crippen LogP contribution in [0.15, 0.2) is 42.6 Å². The second kappa shape index (κ2) is 4.79. The molecule has 1 aromatic heterocycles. The highest BCUT2D eigenvalue weighted by molar-refractivity contribution is 5.35. The first-order valence-electron chi connectivity index (χ1n) is 5.35. The van der Waals surface area contributed by atoms with Gasteiger partial charge < -0.3 is 4.74 Å². The lowest BCUT2D eigenvalue weighted by Crippen LogP contribution is -1.98. The van der Waals surface area contributed by atoms with Crippen molar-refractivity contribution in [2.24, 2.45) is 0 Å². The summed E-state index contributed by atoms with van der Waals surface area (Å²) in [6, 6.07) is 12.0. The third-order valence-electron chi connectivity index (χ3n) is 2.43. The molecule has 82 valence electrons. The molecule has 0 saturated heterocycles. The fraction of sp³-hybridized carbons (Fsp3) is 0.214. The molecule has 0 bridgehead atoms. The summed E-state index contributed by atoms with van der Waals surface area (Å²) >= 11 is 0. The Morgan fingerprint density at radius 2 is 2.00 bits per heavy atom. The Bertz CT molecular complexity index is 465. The van der Waals surface area contributed by atoms with Crippen LogP contribution in [0.3, 0.4) is 0 Å². The van der Waals surface area contributed by atoms with Gasteiger partial charge in [-0.3, -0.25) is 4.98 Å². The van der Waals surface area contributed by atoms with Crippen LogP contribution >= 0.6 is 0 Å². The highest BCUT2D eigenvalue weighted by atomic mass is 16.5. The van der Waals surface area contributed by atoms with E-state index >= 15 is 0 Å². The minimum atomic E-state index is 0.519. The Balaban J connectivity index is 2.05. The smallest absolute Gasteiger partial charge is 0.130 e. The maximum Gasteiger partial charge on any atom is 0.130 e. The number of hydrogen-bond acceptors (Lipinski definition) is 2. The lowest BCUT2D eigenvalue weighted by Gasteiger charge is -2.09. The first-order valence-corrected chi connectivity index (χ1v) is 5.35. The lowest BCUT2D eigenvalue weighted by molar-refractivity contribution is 0.299. The van der Waals surface area contributed by atoms with Crippen molar-refractivity contribution in [3.05, 3.63) is 59.4 Å². The van der Waals surface area contributed by atoms with Gasteiger partial charge >= 0.3 is 0 Å². The Kier molecular flexibility index (Phi) is 3.20. The Morgan fingerprint density at radius 3 is 2.69 bits per heavy atom. The average Bonchev–Trinajstić information content (AvgIpc) is 2.29. The first kappa shape index (κ1) is 10.7. The minimum Gasteiger partial charge on any atom is -0.487 e. The van der Waals surface area contributed by atoms with E-state index in [2.05, 4.69) is 31.0 Å². The third kappa shape index (κ3) is 2.60. The summed E-state index contributed by atoms with van der Waals surface area (Å²) in [7, 11) is 0. The molecule has 1 aromatic carbocycles. The van der Waals surface area contributed by atoms with Crippen molar-refractivity contribution in [3.63, 3.8) is 0 Å². The van der Waals surface area contributed by atoms with E-state index in [1.54, 1.807) is 6.20 Å². The fourth-order valence-electron chi connectivity index (χ4n) is 1.60. The largest absolute Gasteiger partial charge is 0.487 e. The number of nitrogens with zero attached hydrogens (tertiary/aromatic N) is 1. The number of rotatable bonds is 3. The van der Waals surface area contributed by atoms with Crippen molar-refractivity contribution >= 4 is 0 Å². The number of aromatic nitrogens is 1. The molecule has 0 radical (unpaired) electrons. The molecular weight excluding hydrogens is 198 g/mol. The van der Waals surface area contributed by atoms with E-state index in [-0.39, 0.29) is 0 Å². The molecule has 1 heterocycles. The minimum absolute atomic E-state index is 0.519. The second-order valence-electron chi connectivity index (χ2n) is 3.88. The van der Waals surface area contributed by atoms with Crippen LogP contribution in [0.1, 0.15) is 16.8 Å². The van der Waals surface area contributed by atoms with Crippen LogP contribution < -0.4 is 4.74 Å². The van der Waals surface area contributed by atoms with Crippen molar-refractivity contribution < 1.29 is 4.74 Å². The van der Waals surface area contributed by atoms with E-state index in [1.165, 1.54) is 5.56 Å². The van der Waals surface area contributed by atoms with Crippen LogP contribution in [0.2, 0.25) is 0 Å². The van der Waals surface area contributed by atoms with Gasteiger partial charge in [0.2, 0.25) is 0 Å². The zero-order valence-corrected chi connectivity index (χ0v) is 9.60. The molecule has 0 saturated carbocycles. The van der Waals surface area contributed by atoms with Crippen LogP contribution in [0, 0.1) is 13.8 Å². The standard InChI is InChI=1S/C14H15NO/c1-11-6-7-14(12(2)9-11)16-10-13-5-3-4-8-15-13/h3-9H,10H2,1-2H3. The van der Waals surface area contributed by atoms with Gasteiger partial charge in [-0.25, -0.2) is 0 Å². The summed E-state index contributed by atoms with van der Waals surface area (Å²) in [4.78, 5) is 4.22. The summed E-state index contributed by atoms with van der Waals surface area (Å²) in [5.41, 5.74) is 3.36. The van der Waals surface area contributed by atoms with E-state index in [4.69, 9.17) is 4.74 Å². The number of ether oxygens (including phenoxy) is 1. The van der Waals surface area contributed by atoms with Crippen LogP contribution in [0.4, 0.5) is 0 Å². The molecule has 0 aliphatic rings. The van der Waals surface area contributed by atoms with E-state index in [1.807, 2.05) is 24.3 Å². The third-order valence-corrected chi connectivity index (χ3v) is 2.43. The fourth-order valence-corrected chi connectivity index (χ4v) is 1.60. The highest BCUT2D eigenvalue weighted by Gasteiger charge is 2.00. The van der Waals surface area contributed by atoms with Gasteiger partial charge in [0.1, 0.15) is 12.4 Å². The molecule has 0 aliphatic carbocycles. The van der Waals surface area contributed by atoms with Gasteiger partial charge in [0.05, 0.1) is 5.69 Å². The van der Waals surface area contributed by atoms with Crippen molar-refractivity contribution in [1.29, 1.82) is 0 Å². The molecule has 2 nitrogen and oxygen atoms in total. The van der Waals surface area contributed by atoms with Crippen LogP contribution in [-0.2, 0) is 6.61 Å². The summed E-state index contributed by atoms with van der Waals surface area (Å²) in [6.07, 6.45) is 1.78. The zero-order valence-electron chi connectivity index (χ0n) is 9.60. The van der Waals surface area contributed by atoms with Crippen LogP contribution in [0.25, 0.3) is 0 Å². The molecule has 0 fully saturated rings. The summed E-state index contributed by atoms with van der Waals surface area (Å²) in [6.45, 7) is 4.65. The lowest BCUT2D eigenvalue weighted by atomic mass is 10.1. The normalized spacial score (nSPS) is 10.1. The van der Waals surface area contributed by atoms with Crippen molar-refractivity contribution in [1.82, 2.24) is 4.98 Å². The maximum absolute atomic E-state index is 5.72. The zero-order chi connectivity index (χ0) is 11.4. The maximum atomic E-state index is 5.72. The van der Waals surface area contributed by atoms with Gasteiger partial charge in [0, 0.05) is 6.20 Å². The predicted molar refractivity (Wildman–Crippen MR) is 64.5 cm³/mol. The molecule has 2 rings (SSSR count). The number of pyridine rings is 1. The molecular formula is C14H15NO. The predicted octanol–water partition coefficient (Wildman–Crippen LogP) is 3.28. The number of hydrogen-bond donors (Lipinski definition) is 0. The van der Waals surface area contributed by atoms with Gasteiger partial charge in [-0.2, -0.15) is 0 Å². The van der Waals surface area contributed by atoms with E-state index in [0.717, 1.165) is 17.0 Å². The van der Waals surface area contributed by atoms with Gasteiger partial charge in [-0.15, -0.1) is 0 Å². The highest BCUT2D eigenvalue weighted by Crippen LogP contribution is 2.19. The van der Waals surface area contributed by atoms with E-state index < -0.39 is 0 Å². The van der Waals surface area contributed by atoms with Gasteiger partial charge in [0.15, 0.2) is 0 Å². The summed E-state index contributed by atoms with van der Waals surface area (Å²) in [5.74, 6) is 0.927. The average molecular weight is 213 g/mol. The summed E-state index contributed by atoms with van der Waals surface area (Å²) in [5, 5.41) is 0. The molecule has 0 N–H and O–H groups in total. The molecule has 0 spiro atoms. The monoisotopic (exact) mass is 213 g/mol. The number of aryl methyl sites for hydroxylation is 2. The molecule has 0 unspecified atom stereocenters. The molecule has 2 aromatic rings. The Labute approximate surface area is 95.9 Å². The van der Waals surface area contributed by atoms with Gasteiger partial charge in [-0.1, -0.05) is 23.8 Å². The van der Waals surface area contributed by atoms with E-state index in [0.29, 0.717) is 6.61 Å². The van der Waals surface area contributed by atoms with Gasteiger partial charge in [-0.05, 0) is 37.6 Å². The van der Waals surface area contributed by atoms with Gasteiger partial charge in [0.25, 0.3) is 0 Å². The van der Waals surface area contributed by atoms with Crippen molar-refractivity contribution in [3.8, 4) is 5.75 Å². The van der Waals surface area contributed by atoms with E-state index in [9.17, 15) is 0 Å². The number of benzene rings is 1. The Hall–Kier alpha value is -1.83. The quantitative estimate of drug-likeness (QED) is 0.780. The molecule has 16 heavy (non-hydrogen) atoms. The van der Waals surface area contributed by atoms with Crippen molar-refractivity contribution in [2.45, 2.75) is 20.5 Å². The SMILES string of the molecule is Cc1ccc(OCc2ccccn2)c(C)c1. The van der Waals surface area contributed by atoms with Crippen molar-refractivity contribution in [2.75, 3.05) is 0 Å². The molecule has 0 aliphatic heterocycles. The Morgan fingerprint density at radius 1 is 1.12 bits per heavy atom. The molecule has 2 heteroatoms. The molecule has 0 amide bonds. The second-order valence-corrected chi connectivity index (χ2v) is 3.88. The van der Waals surface area contributed by atoms with Crippen LogP contribution in [0.5, 0.6) is 5.75 Å². The first-order chi connectivity index (χ1) is 7.75. The topological polar surface area (TPSA) is 22.1 Å². The van der Waals surface area contributed by atoms with Crippen LogP contribution in [-0.4, -0.2) is 4.98 Å². The summed E-state index contributed by atoms with van der Waals surface area (Å²) < 4.78 is 5.72. The molecule has 0 atom stereocenters.